The molecular weight excluding hydrogens is 481 g/mol. The number of thiazole rings is 1. The molecular formula is C21H32IN5S. The van der Waals surface area contributed by atoms with E-state index in [0.717, 1.165) is 30.5 Å². The Morgan fingerprint density at radius 2 is 1.75 bits per heavy atom. The Labute approximate surface area is 190 Å². The van der Waals surface area contributed by atoms with Gasteiger partial charge in [0.15, 0.2) is 5.96 Å². The Bertz CT molecular complexity index is 723. The highest BCUT2D eigenvalue weighted by atomic mass is 127. The molecule has 0 spiro atoms. The molecule has 2 aromatic rings. The first-order valence-corrected chi connectivity index (χ1v) is 10.8. The summed E-state index contributed by atoms with van der Waals surface area (Å²) in [6, 6.07) is 8.94. The van der Waals surface area contributed by atoms with Gasteiger partial charge in [-0.1, -0.05) is 37.6 Å². The summed E-state index contributed by atoms with van der Waals surface area (Å²) in [5, 5.41) is 7.82. The van der Waals surface area contributed by atoms with Crippen molar-refractivity contribution in [3.8, 4) is 0 Å². The molecule has 1 fully saturated rings. The van der Waals surface area contributed by atoms with Crippen molar-refractivity contribution < 1.29 is 0 Å². The first-order valence-electron chi connectivity index (χ1n) is 9.95. The number of aromatic nitrogens is 1. The monoisotopic (exact) mass is 513 g/mol. The van der Waals surface area contributed by atoms with E-state index in [1.54, 1.807) is 18.4 Å². The minimum atomic E-state index is 0. The highest BCUT2D eigenvalue weighted by molar-refractivity contribution is 14.0. The summed E-state index contributed by atoms with van der Waals surface area (Å²) in [5.74, 6) is 0.806. The largest absolute Gasteiger partial charge is 0.352 e. The van der Waals surface area contributed by atoms with E-state index in [9.17, 15) is 0 Å². The maximum Gasteiger partial charge on any atom is 0.191 e. The third kappa shape index (κ3) is 7.33. The lowest BCUT2D eigenvalue weighted by atomic mass is 10.1. The maximum atomic E-state index is 4.44. The quantitative estimate of drug-likeness (QED) is 0.332. The smallest absolute Gasteiger partial charge is 0.191 e. The van der Waals surface area contributed by atoms with Crippen LogP contribution in [0.25, 0.3) is 0 Å². The van der Waals surface area contributed by atoms with E-state index in [1.807, 2.05) is 6.20 Å². The fraction of sp³-hybridized carbons (Fsp3) is 0.524. The van der Waals surface area contributed by atoms with E-state index in [2.05, 4.69) is 56.7 Å². The average Bonchev–Trinajstić information content (AvgIpc) is 3.18. The van der Waals surface area contributed by atoms with Gasteiger partial charge in [-0.25, -0.2) is 4.98 Å². The van der Waals surface area contributed by atoms with Crippen LogP contribution in [0, 0.1) is 0 Å². The Hall–Kier alpha value is -1.19. The van der Waals surface area contributed by atoms with Crippen molar-refractivity contribution in [1.82, 2.24) is 20.5 Å². The molecule has 0 amide bonds. The number of nitrogens with zero attached hydrogens (tertiary/aromatic N) is 3. The zero-order chi connectivity index (χ0) is 18.9. The van der Waals surface area contributed by atoms with Crippen LogP contribution >= 0.6 is 35.3 Å². The van der Waals surface area contributed by atoms with Crippen molar-refractivity contribution in [2.75, 3.05) is 20.1 Å². The van der Waals surface area contributed by atoms with Crippen LogP contribution < -0.4 is 10.6 Å². The van der Waals surface area contributed by atoms with Gasteiger partial charge in [-0.15, -0.1) is 35.3 Å². The molecule has 0 atom stereocenters. The van der Waals surface area contributed by atoms with Crippen LogP contribution in [0.2, 0.25) is 0 Å². The second-order valence-corrected chi connectivity index (χ2v) is 8.21. The summed E-state index contributed by atoms with van der Waals surface area (Å²) in [6.45, 7) is 7.18. The standard InChI is InChI=1S/C21H31N5S.HI/c1-3-19-14-23-20(27-19)15-25-21(22-2)24-13-17-7-9-18(10-8-17)16-26-11-5-4-6-12-26;/h7-10,14H,3-6,11-13,15-16H2,1-2H3,(H2,22,24,25);1H. The van der Waals surface area contributed by atoms with E-state index in [-0.39, 0.29) is 24.0 Å². The van der Waals surface area contributed by atoms with E-state index >= 15 is 0 Å². The first kappa shape index (κ1) is 23.1. The molecule has 0 unspecified atom stereocenters. The van der Waals surface area contributed by atoms with Gasteiger partial charge in [0, 0.05) is 31.2 Å². The number of benzene rings is 1. The molecule has 0 saturated carbocycles. The second-order valence-electron chi connectivity index (χ2n) is 7.01. The molecule has 0 aliphatic carbocycles. The van der Waals surface area contributed by atoms with E-state index in [4.69, 9.17) is 0 Å². The predicted octanol–water partition coefficient (Wildman–Crippen LogP) is 4.17. The Kier molecular flexibility index (Phi) is 10.2. The molecule has 1 aliphatic rings. The number of nitrogens with one attached hydrogen (secondary N) is 2. The normalized spacial score (nSPS) is 15.1. The number of halogens is 1. The van der Waals surface area contributed by atoms with Crippen molar-refractivity contribution in [1.29, 1.82) is 0 Å². The van der Waals surface area contributed by atoms with E-state index in [1.165, 1.54) is 48.4 Å². The number of piperidine rings is 1. The van der Waals surface area contributed by atoms with Gasteiger partial charge in [0.2, 0.25) is 0 Å². The number of rotatable bonds is 7. The second kappa shape index (κ2) is 12.4. The molecule has 1 aliphatic heterocycles. The van der Waals surface area contributed by atoms with Gasteiger partial charge in [-0.3, -0.25) is 9.89 Å². The molecule has 7 heteroatoms. The molecule has 2 N–H and O–H groups in total. The van der Waals surface area contributed by atoms with Crippen molar-refractivity contribution in [3.05, 3.63) is 51.5 Å². The van der Waals surface area contributed by atoms with Crippen molar-refractivity contribution in [2.45, 2.75) is 52.2 Å². The molecule has 1 aromatic heterocycles. The predicted molar refractivity (Wildman–Crippen MR) is 130 cm³/mol. The molecule has 0 radical (unpaired) electrons. The molecule has 0 bridgehead atoms. The molecule has 3 rings (SSSR count). The van der Waals surface area contributed by atoms with Crippen LogP contribution in [0.1, 0.15) is 47.2 Å². The van der Waals surface area contributed by atoms with Crippen LogP contribution in [0.4, 0.5) is 0 Å². The zero-order valence-electron chi connectivity index (χ0n) is 16.9. The van der Waals surface area contributed by atoms with Crippen molar-refractivity contribution >= 4 is 41.3 Å². The van der Waals surface area contributed by atoms with Crippen molar-refractivity contribution in [3.63, 3.8) is 0 Å². The van der Waals surface area contributed by atoms with Crippen LogP contribution in [0.5, 0.6) is 0 Å². The summed E-state index contributed by atoms with van der Waals surface area (Å²) in [7, 11) is 1.80. The third-order valence-corrected chi connectivity index (χ3v) is 6.06. The molecule has 28 heavy (non-hydrogen) atoms. The van der Waals surface area contributed by atoms with Crippen LogP contribution in [-0.4, -0.2) is 36.0 Å². The number of aryl methyl sites for hydroxylation is 1. The van der Waals surface area contributed by atoms with Gasteiger partial charge in [0.05, 0.1) is 6.54 Å². The average molecular weight is 513 g/mol. The van der Waals surface area contributed by atoms with Crippen LogP contribution in [-0.2, 0) is 26.1 Å². The minimum Gasteiger partial charge on any atom is -0.352 e. The summed E-state index contributed by atoms with van der Waals surface area (Å²) < 4.78 is 0. The van der Waals surface area contributed by atoms with Gasteiger partial charge in [-0.05, 0) is 43.5 Å². The topological polar surface area (TPSA) is 52.6 Å². The SMILES string of the molecule is CCc1cnc(CNC(=NC)NCc2ccc(CN3CCCCC3)cc2)s1.I. The fourth-order valence-corrected chi connectivity index (χ4v) is 4.10. The lowest BCUT2D eigenvalue weighted by Gasteiger charge is -2.26. The molecule has 154 valence electrons. The summed E-state index contributed by atoms with van der Waals surface area (Å²) in [4.78, 5) is 12.6. The summed E-state index contributed by atoms with van der Waals surface area (Å²) in [6.07, 6.45) is 7.07. The fourth-order valence-electron chi connectivity index (χ4n) is 3.30. The number of likely N-dealkylation sites (tertiary alicyclic amines) is 1. The highest BCUT2D eigenvalue weighted by Crippen LogP contribution is 2.14. The van der Waals surface area contributed by atoms with Crippen LogP contribution in [0.3, 0.4) is 0 Å². The Balaban J connectivity index is 0.00000280. The van der Waals surface area contributed by atoms with Gasteiger partial charge in [0.25, 0.3) is 0 Å². The van der Waals surface area contributed by atoms with Crippen molar-refractivity contribution in [2.24, 2.45) is 4.99 Å². The van der Waals surface area contributed by atoms with Gasteiger partial charge in [-0.2, -0.15) is 0 Å². The number of hydrogen-bond acceptors (Lipinski definition) is 4. The van der Waals surface area contributed by atoms with Gasteiger partial charge < -0.3 is 10.6 Å². The van der Waals surface area contributed by atoms with Gasteiger partial charge in [0.1, 0.15) is 5.01 Å². The number of guanidine groups is 1. The summed E-state index contributed by atoms with van der Waals surface area (Å²) in [5.41, 5.74) is 2.67. The molecule has 2 heterocycles. The van der Waals surface area contributed by atoms with Crippen LogP contribution in [0.15, 0.2) is 35.5 Å². The van der Waals surface area contributed by atoms with E-state index in [0.29, 0.717) is 6.54 Å². The lowest BCUT2D eigenvalue weighted by molar-refractivity contribution is 0.221. The van der Waals surface area contributed by atoms with E-state index < -0.39 is 0 Å². The third-order valence-electron chi connectivity index (χ3n) is 4.92. The molecule has 5 nitrogen and oxygen atoms in total. The van der Waals surface area contributed by atoms with Gasteiger partial charge >= 0.3 is 0 Å². The summed E-state index contributed by atoms with van der Waals surface area (Å²) >= 11 is 1.76. The highest BCUT2D eigenvalue weighted by Gasteiger charge is 2.10. The maximum absolute atomic E-state index is 4.44. The Morgan fingerprint density at radius 3 is 2.39 bits per heavy atom. The Morgan fingerprint density at radius 1 is 1.07 bits per heavy atom. The molecule has 1 saturated heterocycles. The molecule has 1 aromatic carbocycles. The number of hydrogen-bond donors (Lipinski definition) is 2. The lowest BCUT2D eigenvalue weighted by Crippen LogP contribution is -2.36. The first-order chi connectivity index (χ1) is 13.3. The number of aliphatic imine (C=N–C) groups is 1. The minimum absolute atomic E-state index is 0. The zero-order valence-corrected chi connectivity index (χ0v) is 20.1.